The van der Waals surface area contributed by atoms with Crippen molar-refractivity contribution in [2.75, 3.05) is 0 Å². The lowest BCUT2D eigenvalue weighted by atomic mass is 10.1. The lowest BCUT2D eigenvalue weighted by Crippen LogP contribution is -1.87. The van der Waals surface area contributed by atoms with E-state index in [-0.39, 0.29) is 0 Å². The Morgan fingerprint density at radius 3 is 2.55 bits per heavy atom. The van der Waals surface area contributed by atoms with E-state index < -0.39 is 0 Å². The highest BCUT2D eigenvalue weighted by molar-refractivity contribution is 4.93. The van der Waals surface area contributed by atoms with Crippen LogP contribution < -0.4 is 0 Å². The van der Waals surface area contributed by atoms with Gasteiger partial charge in [-0.2, -0.15) is 0 Å². The molecule has 0 radical (unpaired) electrons. The topological polar surface area (TPSA) is 20.2 Å². The van der Waals surface area contributed by atoms with Crippen molar-refractivity contribution in [1.29, 1.82) is 0 Å². The molecule has 1 unspecified atom stereocenters. The summed E-state index contributed by atoms with van der Waals surface area (Å²) in [4.78, 5) is 0. The molecule has 0 amide bonds. The van der Waals surface area contributed by atoms with Crippen LogP contribution in [0.5, 0.6) is 0 Å². The van der Waals surface area contributed by atoms with Crippen molar-refractivity contribution in [2.24, 2.45) is 5.92 Å². The number of allylic oxidation sites excluding steroid dienone is 3. The molecule has 1 N–H and O–H groups in total. The highest BCUT2D eigenvalue weighted by Gasteiger charge is 1.93. The molecule has 0 fully saturated rings. The Morgan fingerprint density at radius 2 is 2.09 bits per heavy atom. The second-order valence-electron chi connectivity index (χ2n) is 3.18. The number of hydrogen-bond acceptors (Lipinski definition) is 1. The summed E-state index contributed by atoms with van der Waals surface area (Å²) in [5.74, 6) is 0.482. The largest absolute Gasteiger partial charge is 0.516 e. The van der Waals surface area contributed by atoms with Crippen LogP contribution in [0.1, 0.15) is 33.6 Å². The molecule has 0 aliphatic heterocycles. The number of aliphatic hydroxyl groups is 1. The van der Waals surface area contributed by atoms with Crippen molar-refractivity contribution >= 4 is 0 Å². The monoisotopic (exact) mass is 154 g/mol. The smallest absolute Gasteiger partial charge is 0.0754 e. The minimum Gasteiger partial charge on any atom is -0.516 e. The van der Waals surface area contributed by atoms with Crippen LogP contribution in [0.2, 0.25) is 0 Å². The van der Waals surface area contributed by atoms with Gasteiger partial charge in [0.05, 0.1) is 6.26 Å². The summed E-state index contributed by atoms with van der Waals surface area (Å²) in [6.45, 7) is 6.31. The van der Waals surface area contributed by atoms with Crippen LogP contribution in [0, 0.1) is 5.92 Å². The van der Waals surface area contributed by atoms with Gasteiger partial charge in [0.1, 0.15) is 0 Å². The third kappa shape index (κ3) is 7.17. The summed E-state index contributed by atoms with van der Waals surface area (Å²) in [6.07, 6.45) is 7.39. The van der Waals surface area contributed by atoms with E-state index in [4.69, 9.17) is 5.11 Å². The van der Waals surface area contributed by atoms with Crippen LogP contribution in [0.25, 0.3) is 0 Å². The van der Waals surface area contributed by atoms with Gasteiger partial charge in [0, 0.05) is 0 Å². The molecule has 1 atom stereocenters. The van der Waals surface area contributed by atoms with Crippen LogP contribution in [0.4, 0.5) is 0 Å². The van der Waals surface area contributed by atoms with E-state index in [1.165, 1.54) is 5.57 Å². The zero-order valence-corrected chi connectivity index (χ0v) is 7.67. The van der Waals surface area contributed by atoms with Crippen molar-refractivity contribution < 1.29 is 5.11 Å². The van der Waals surface area contributed by atoms with Crippen LogP contribution in [0.15, 0.2) is 24.0 Å². The lowest BCUT2D eigenvalue weighted by molar-refractivity contribution is 0.463. The molecule has 0 bridgehead atoms. The molecule has 0 heterocycles. The SMILES string of the molecule is CC(C)=CCCC(C)C=CO. The molecule has 0 spiro atoms. The number of hydrogen-bond donors (Lipinski definition) is 1. The molecule has 0 aliphatic rings. The van der Waals surface area contributed by atoms with Crippen LogP contribution in [-0.4, -0.2) is 5.11 Å². The summed E-state index contributed by atoms with van der Waals surface area (Å²) >= 11 is 0. The van der Waals surface area contributed by atoms with Gasteiger partial charge in [0.2, 0.25) is 0 Å². The molecule has 0 aromatic rings. The van der Waals surface area contributed by atoms with Gasteiger partial charge in [0.15, 0.2) is 0 Å². The molecule has 1 heteroatoms. The first-order chi connectivity index (χ1) is 5.16. The minimum atomic E-state index is 0.482. The first-order valence-corrected chi connectivity index (χ1v) is 4.11. The van der Waals surface area contributed by atoms with Crippen molar-refractivity contribution in [1.82, 2.24) is 0 Å². The van der Waals surface area contributed by atoms with E-state index in [1.54, 1.807) is 0 Å². The zero-order valence-electron chi connectivity index (χ0n) is 7.67. The van der Waals surface area contributed by atoms with Crippen molar-refractivity contribution in [3.05, 3.63) is 24.0 Å². The van der Waals surface area contributed by atoms with Crippen molar-refractivity contribution in [2.45, 2.75) is 33.6 Å². The summed E-state index contributed by atoms with van der Waals surface area (Å²) in [5, 5.41) is 8.45. The highest BCUT2D eigenvalue weighted by Crippen LogP contribution is 2.08. The van der Waals surface area contributed by atoms with E-state index in [0.29, 0.717) is 5.92 Å². The quantitative estimate of drug-likeness (QED) is 0.486. The maximum Gasteiger partial charge on any atom is 0.0754 e. The van der Waals surface area contributed by atoms with Crippen LogP contribution in [0.3, 0.4) is 0 Å². The predicted octanol–water partition coefficient (Wildman–Crippen LogP) is 3.44. The fraction of sp³-hybridized carbons (Fsp3) is 0.600. The molecule has 11 heavy (non-hydrogen) atoms. The Balaban J connectivity index is 3.46. The summed E-state index contributed by atoms with van der Waals surface area (Å²) in [7, 11) is 0. The summed E-state index contributed by atoms with van der Waals surface area (Å²) < 4.78 is 0. The highest BCUT2D eigenvalue weighted by atomic mass is 16.2. The van der Waals surface area contributed by atoms with Gasteiger partial charge < -0.3 is 5.11 Å². The average Bonchev–Trinajstić information content (AvgIpc) is 1.87. The van der Waals surface area contributed by atoms with E-state index in [2.05, 4.69) is 26.8 Å². The van der Waals surface area contributed by atoms with Crippen LogP contribution >= 0.6 is 0 Å². The van der Waals surface area contributed by atoms with Crippen molar-refractivity contribution in [3.8, 4) is 0 Å². The Bertz CT molecular complexity index is 141. The van der Waals surface area contributed by atoms with Gasteiger partial charge in [-0.15, -0.1) is 0 Å². The van der Waals surface area contributed by atoms with E-state index in [9.17, 15) is 0 Å². The molecule has 0 aromatic carbocycles. The Kier molecular flexibility index (Phi) is 5.63. The van der Waals surface area contributed by atoms with E-state index in [1.807, 2.05) is 6.08 Å². The molecular weight excluding hydrogens is 136 g/mol. The van der Waals surface area contributed by atoms with Gasteiger partial charge in [-0.05, 0) is 38.7 Å². The maximum atomic E-state index is 8.45. The molecular formula is C10H18O. The Hall–Kier alpha value is -0.720. The predicted molar refractivity (Wildman–Crippen MR) is 49.6 cm³/mol. The lowest BCUT2D eigenvalue weighted by Gasteiger charge is -2.01. The third-order valence-electron chi connectivity index (χ3n) is 1.59. The average molecular weight is 154 g/mol. The van der Waals surface area contributed by atoms with Gasteiger partial charge in [-0.3, -0.25) is 0 Å². The van der Waals surface area contributed by atoms with E-state index in [0.717, 1.165) is 19.1 Å². The first kappa shape index (κ1) is 10.3. The second kappa shape index (κ2) is 6.02. The van der Waals surface area contributed by atoms with Gasteiger partial charge in [-0.25, -0.2) is 0 Å². The van der Waals surface area contributed by atoms with Crippen molar-refractivity contribution in [3.63, 3.8) is 0 Å². The number of aliphatic hydroxyl groups excluding tert-OH is 1. The zero-order chi connectivity index (χ0) is 8.69. The Morgan fingerprint density at radius 1 is 1.45 bits per heavy atom. The maximum absolute atomic E-state index is 8.45. The fourth-order valence-corrected chi connectivity index (χ4v) is 0.878. The molecule has 0 saturated heterocycles. The molecule has 0 aliphatic carbocycles. The third-order valence-corrected chi connectivity index (χ3v) is 1.59. The molecule has 1 nitrogen and oxygen atoms in total. The Labute approximate surface area is 69.4 Å². The van der Waals surface area contributed by atoms with Gasteiger partial charge in [0.25, 0.3) is 0 Å². The molecule has 0 rings (SSSR count). The molecule has 0 aromatic heterocycles. The summed E-state index contributed by atoms with van der Waals surface area (Å²) in [6, 6.07) is 0. The fourth-order valence-electron chi connectivity index (χ4n) is 0.878. The van der Waals surface area contributed by atoms with Gasteiger partial charge >= 0.3 is 0 Å². The second-order valence-corrected chi connectivity index (χ2v) is 3.18. The summed E-state index contributed by atoms with van der Waals surface area (Å²) in [5.41, 5.74) is 1.37. The normalized spacial score (nSPS) is 13.4. The molecule has 0 saturated carbocycles. The molecule has 64 valence electrons. The van der Waals surface area contributed by atoms with Crippen LogP contribution in [-0.2, 0) is 0 Å². The minimum absolute atomic E-state index is 0.482. The standard InChI is InChI=1S/C10H18O/c1-9(2)5-4-6-10(3)7-8-11/h5,7-8,10-11H,4,6H2,1-3H3. The number of rotatable bonds is 4. The van der Waals surface area contributed by atoms with E-state index >= 15 is 0 Å². The van der Waals surface area contributed by atoms with Gasteiger partial charge in [-0.1, -0.05) is 18.6 Å². The first-order valence-electron chi connectivity index (χ1n) is 4.11.